The van der Waals surface area contributed by atoms with Crippen molar-refractivity contribution >= 4 is 29.5 Å². The molecule has 2 bridgehead atoms. The van der Waals surface area contributed by atoms with Gasteiger partial charge in [0.2, 0.25) is 11.8 Å². The molecule has 196 valence electrons. The number of likely N-dealkylation sites (tertiary alicyclic amines) is 1. The fourth-order valence-corrected chi connectivity index (χ4v) is 8.76. The summed E-state index contributed by atoms with van der Waals surface area (Å²) in [5.41, 5.74) is 0. The maximum absolute atomic E-state index is 14.3. The lowest BCUT2D eigenvalue weighted by Crippen LogP contribution is -2.61. The van der Waals surface area contributed by atoms with E-state index in [0.717, 1.165) is 12.8 Å². The summed E-state index contributed by atoms with van der Waals surface area (Å²) in [6, 6.07) is -1.32. The minimum atomic E-state index is -0.746. The van der Waals surface area contributed by atoms with Gasteiger partial charge in [-0.05, 0) is 38.5 Å². The van der Waals surface area contributed by atoms with Gasteiger partial charge in [-0.1, -0.05) is 39.3 Å². The van der Waals surface area contributed by atoms with Gasteiger partial charge in [-0.25, -0.2) is 0 Å². The van der Waals surface area contributed by atoms with Crippen LogP contribution in [0.5, 0.6) is 0 Å². The third-order valence-electron chi connectivity index (χ3n) is 8.33. The first kappa shape index (κ1) is 27.8. The van der Waals surface area contributed by atoms with Crippen LogP contribution in [-0.4, -0.2) is 80.6 Å². The Balaban J connectivity index is 2.12. The van der Waals surface area contributed by atoms with Crippen LogP contribution in [0, 0.1) is 23.7 Å². The van der Waals surface area contributed by atoms with Gasteiger partial charge in [0.15, 0.2) is 0 Å². The van der Waals surface area contributed by atoms with Crippen LogP contribution >= 0.6 is 11.8 Å². The molecule has 7 nitrogen and oxygen atoms in total. The van der Waals surface area contributed by atoms with Crippen LogP contribution in [0.1, 0.15) is 53.9 Å². The van der Waals surface area contributed by atoms with Gasteiger partial charge >= 0.3 is 5.97 Å². The van der Waals surface area contributed by atoms with E-state index >= 15 is 0 Å². The average molecular weight is 507 g/mol. The van der Waals surface area contributed by atoms with Gasteiger partial charge in [-0.3, -0.25) is 14.4 Å². The molecular formula is C27H42N2O5S. The zero-order valence-electron chi connectivity index (χ0n) is 21.8. The quantitative estimate of drug-likeness (QED) is 0.248. The van der Waals surface area contributed by atoms with Crippen molar-refractivity contribution in [1.29, 1.82) is 0 Å². The van der Waals surface area contributed by atoms with Crippen molar-refractivity contribution in [2.45, 2.75) is 82.0 Å². The summed E-state index contributed by atoms with van der Waals surface area (Å²) in [7, 11) is 0. The molecule has 35 heavy (non-hydrogen) atoms. The number of fused-ring (bicyclic) bond motifs is 1. The number of aliphatic hydroxyl groups is 1. The van der Waals surface area contributed by atoms with E-state index in [1.54, 1.807) is 33.7 Å². The van der Waals surface area contributed by atoms with Crippen LogP contribution in [0.15, 0.2) is 25.3 Å². The van der Waals surface area contributed by atoms with Crippen LogP contribution in [0.2, 0.25) is 0 Å². The molecule has 1 N–H and O–H groups in total. The molecule has 0 aromatic rings. The first-order valence-electron chi connectivity index (χ1n) is 12.9. The monoisotopic (exact) mass is 506 g/mol. The van der Waals surface area contributed by atoms with Gasteiger partial charge in [0.1, 0.15) is 6.04 Å². The number of ether oxygens (including phenoxy) is 1. The summed E-state index contributed by atoms with van der Waals surface area (Å²) >= 11 is 1.63. The highest BCUT2D eigenvalue weighted by molar-refractivity contribution is 8.02. The normalized spacial score (nSPS) is 32.9. The van der Waals surface area contributed by atoms with E-state index in [-0.39, 0.29) is 54.1 Å². The minimum Gasteiger partial charge on any atom is -0.465 e. The van der Waals surface area contributed by atoms with Crippen molar-refractivity contribution in [1.82, 2.24) is 9.80 Å². The van der Waals surface area contributed by atoms with E-state index in [0.29, 0.717) is 13.0 Å². The smallest absolute Gasteiger partial charge is 0.310 e. The zero-order chi connectivity index (χ0) is 26.1. The van der Waals surface area contributed by atoms with E-state index in [1.807, 2.05) is 27.7 Å². The van der Waals surface area contributed by atoms with Crippen molar-refractivity contribution in [3.8, 4) is 0 Å². The maximum Gasteiger partial charge on any atom is 0.310 e. The Morgan fingerprint density at radius 1 is 1.31 bits per heavy atom. The van der Waals surface area contributed by atoms with E-state index in [1.165, 1.54) is 0 Å². The highest BCUT2D eigenvalue weighted by atomic mass is 32.2. The second kappa shape index (κ2) is 11.1. The Labute approximate surface area is 214 Å². The Bertz CT molecular complexity index is 847. The molecule has 3 rings (SSSR count). The molecule has 2 amide bonds. The summed E-state index contributed by atoms with van der Waals surface area (Å²) in [6.07, 6.45) is 5.46. The Morgan fingerprint density at radius 3 is 2.54 bits per heavy atom. The predicted octanol–water partition coefficient (Wildman–Crippen LogP) is 3.27. The molecule has 3 aliphatic heterocycles. The molecule has 3 aliphatic rings. The lowest BCUT2D eigenvalue weighted by Gasteiger charge is -2.43. The van der Waals surface area contributed by atoms with E-state index in [2.05, 4.69) is 20.1 Å². The molecule has 0 radical (unpaired) electrons. The van der Waals surface area contributed by atoms with Gasteiger partial charge in [-0.15, -0.1) is 24.9 Å². The summed E-state index contributed by atoms with van der Waals surface area (Å²) in [5, 5.41) is 10.4. The second-order valence-electron chi connectivity index (χ2n) is 10.6. The molecule has 1 spiro atoms. The number of hydrogen-bond donors (Lipinski definition) is 1. The van der Waals surface area contributed by atoms with E-state index in [4.69, 9.17) is 4.74 Å². The van der Waals surface area contributed by atoms with Crippen molar-refractivity contribution in [3.05, 3.63) is 25.3 Å². The van der Waals surface area contributed by atoms with Crippen LogP contribution in [-0.2, 0) is 19.1 Å². The SMILES string of the molecule is C=CCCOC(=O)[C@@H]1[C@@H]2CC(C)C3(S2)C(C(=O)N(CC=C)C(C)C)N([C@@H](CO)[C@@H](C)CC)C(=O)[C@H]13. The average Bonchev–Trinajstić information content (AvgIpc) is 3.41. The van der Waals surface area contributed by atoms with Crippen molar-refractivity contribution in [2.75, 3.05) is 19.8 Å². The number of amides is 2. The molecule has 8 heteroatoms. The Hall–Kier alpha value is -1.80. The molecule has 0 saturated carbocycles. The zero-order valence-corrected chi connectivity index (χ0v) is 22.6. The number of carbonyl (C=O) groups is 3. The molecular weight excluding hydrogens is 464 g/mol. The van der Waals surface area contributed by atoms with Crippen LogP contribution in [0.3, 0.4) is 0 Å². The molecule has 0 aromatic carbocycles. The van der Waals surface area contributed by atoms with Crippen molar-refractivity contribution in [2.24, 2.45) is 23.7 Å². The fraction of sp³-hybridized carbons (Fsp3) is 0.741. The lowest BCUT2D eigenvalue weighted by molar-refractivity contribution is -0.155. The number of hydrogen-bond acceptors (Lipinski definition) is 6. The molecule has 0 aromatic heterocycles. The van der Waals surface area contributed by atoms with Crippen molar-refractivity contribution < 1.29 is 24.2 Å². The Kier molecular flexibility index (Phi) is 8.79. The van der Waals surface area contributed by atoms with Crippen LogP contribution in [0.25, 0.3) is 0 Å². The highest BCUT2D eigenvalue weighted by Crippen LogP contribution is 2.69. The Morgan fingerprint density at radius 2 is 2.00 bits per heavy atom. The summed E-state index contributed by atoms with van der Waals surface area (Å²) in [4.78, 5) is 45.2. The predicted molar refractivity (Wildman–Crippen MR) is 139 cm³/mol. The number of carbonyl (C=O) groups excluding carboxylic acids is 3. The fourth-order valence-electron chi connectivity index (χ4n) is 6.37. The topological polar surface area (TPSA) is 87.2 Å². The maximum atomic E-state index is 14.3. The highest BCUT2D eigenvalue weighted by Gasteiger charge is 2.77. The third kappa shape index (κ3) is 4.45. The number of rotatable bonds is 12. The summed E-state index contributed by atoms with van der Waals surface area (Å²) in [5.74, 6) is -1.84. The largest absolute Gasteiger partial charge is 0.465 e. The van der Waals surface area contributed by atoms with Gasteiger partial charge < -0.3 is 19.6 Å². The number of aliphatic hydroxyl groups excluding tert-OH is 1. The number of esters is 1. The van der Waals surface area contributed by atoms with Gasteiger partial charge in [0.25, 0.3) is 0 Å². The molecule has 3 fully saturated rings. The molecule has 8 atom stereocenters. The van der Waals surface area contributed by atoms with Crippen LogP contribution in [0.4, 0.5) is 0 Å². The second-order valence-corrected chi connectivity index (χ2v) is 12.1. The van der Waals surface area contributed by atoms with Crippen LogP contribution < -0.4 is 0 Å². The van der Waals surface area contributed by atoms with E-state index < -0.39 is 28.7 Å². The first-order chi connectivity index (χ1) is 16.6. The van der Waals surface area contributed by atoms with E-state index in [9.17, 15) is 19.5 Å². The minimum absolute atomic E-state index is 0.00289. The molecule has 3 saturated heterocycles. The lowest BCUT2D eigenvalue weighted by atomic mass is 9.66. The standard InChI is InChI=1S/C27H42N2O5S/c1-8-11-13-34-26(33)21-20-14-18(7)27(35-20)22(21)24(31)29(19(15-30)17(6)10-3)23(27)25(32)28(12-9-2)16(4)5/h8-9,16-23,30H,1-2,10-15H2,3-7H3/t17-,18?,19-,20-,21+,22-,23?,27?/m0/s1. The molecule has 0 aliphatic carbocycles. The first-order valence-corrected chi connectivity index (χ1v) is 13.8. The van der Waals surface area contributed by atoms with Gasteiger partial charge in [0.05, 0.1) is 35.8 Å². The molecule has 3 unspecified atom stereocenters. The van der Waals surface area contributed by atoms with Gasteiger partial charge in [-0.2, -0.15) is 0 Å². The summed E-state index contributed by atoms with van der Waals surface area (Å²) in [6.45, 7) is 17.9. The third-order valence-corrected chi connectivity index (χ3v) is 10.4. The molecule has 3 heterocycles. The van der Waals surface area contributed by atoms with Crippen molar-refractivity contribution in [3.63, 3.8) is 0 Å². The van der Waals surface area contributed by atoms with Gasteiger partial charge in [0, 0.05) is 17.8 Å². The number of thioether (sulfide) groups is 1. The summed E-state index contributed by atoms with van der Waals surface area (Å²) < 4.78 is 4.84. The number of nitrogens with zero attached hydrogens (tertiary/aromatic N) is 2.